The van der Waals surface area contributed by atoms with Crippen molar-refractivity contribution in [3.8, 4) is 0 Å². The van der Waals surface area contributed by atoms with E-state index in [0.717, 1.165) is 23.7 Å². The zero-order valence-electron chi connectivity index (χ0n) is 22.4. The summed E-state index contributed by atoms with van der Waals surface area (Å²) in [7, 11) is 0. The molecule has 0 N–H and O–H groups in total. The molecule has 0 radical (unpaired) electrons. The lowest BCUT2D eigenvalue weighted by molar-refractivity contribution is 0.104. The van der Waals surface area contributed by atoms with Gasteiger partial charge in [0.25, 0.3) is 0 Å². The van der Waals surface area contributed by atoms with Crippen LogP contribution >= 0.6 is 0 Å². The quantitative estimate of drug-likeness (QED) is 0.392. The summed E-state index contributed by atoms with van der Waals surface area (Å²) < 4.78 is 0. The molecule has 178 valence electrons. The summed E-state index contributed by atoms with van der Waals surface area (Å²) in [6.07, 6.45) is 19.1. The molecule has 4 atom stereocenters. The van der Waals surface area contributed by atoms with Crippen LogP contribution in [0, 0.1) is 35.0 Å². The Morgan fingerprint density at radius 2 is 1.55 bits per heavy atom. The van der Waals surface area contributed by atoms with E-state index in [1.54, 1.807) is 5.57 Å². The lowest BCUT2D eigenvalue weighted by Crippen LogP contribution is -2.35. The molecule has 0 aliphatic heterocycles. The van der Waals surface area contributed by atoms with Gasteiger partial charge in [-0.1, -0.05) is 91.3 Å². The van der Waals surface area contributed by atoms with Crippen LogP contribution < -0.4 is 0 Å². The van der Waals surface area contributed by atoms with E-state index in [1.807, 2.05) is 19.9 Å². The summed E-state index contributed by atoms with van der Waals surface area (Å²) >= 11 is 0. The van der Waals surface area contributed by atoms with Gasteiger partial charge in [0.05, 0.1) is 0 Å². The Labute approximate surface area is 196 Å². The van der Waals surface area contributed by atoms with Crippen molar-refractivity contribution in [1.82, 2.24) is 0 Å². The third-order valence-corrected chi connectivity index (χ3v) is 8.39. The van der Waals surface area contributed by atoms with Crippen molar-refractivity contribution in [3.63, 3.8) is 0 Å². The van der Waals surface area contributed by atoms with Crippen molar-refractivity contribution in [2.45, 2.75) is 113 Å². The molecule has 0 heterocycles. The van der Waals surface area contributed by atoms with Crippen LogP contribution in [0.1, 0.15) is 113 Å². The molecule has 0 nitrogen and oxygen atoms in total. The molecule has 3 rings (SSSR count). The van der Waals surface area contributed by atoms with Gasteiger partial charge in [0.1, 0.15) is 0 Å². The molecule has 0 heteroatoms. The first-order chi connectivity index (χ1) is 14.7. The highest BCUT2D eigenvalue weighted by atomic mass is 14.5. The minimum Gasteiger partial charge on any atom is -0.103 e. The Hall–Kier alpha value is -1.04. The lowest BCUT2D eigenvalue weighted by atomic mass is 9.61. The normalized spacial score (nSPS) is 31.6. The second-order valence-electron chi connectivity index (χ2n) is 10.9. The molecule has 0 aromatic heterocycles. The fourth-order valence-corrected chi connectivity index (χ4v) is 6.05. The molecule has 0 bridgehead atoms. The summed E-state index contributed by atoms with van der Waals surface area (Å²) in [5.41, 5.74) is 5.25. The summed E-state index contributed by atoms with van der Waals surface area (Å²) in [6, 6.07) is 0. The standard InChI is InChI=1S/C22H34.C7H14.C2H6/c1-16(2)20-13-14-21-19(10-7-15-22(20,21)4)12-11-18-9-6-5-8-17(18)3;1-5-7(4)6(2)3;1-2/h11-12,16,20-21H,3,5-10,13-15H2,1-2,4H3;5-7H,1H2,2-4H3;1-2H3/b18-11-,19-12+;;. The maximum Gasteiger partial charge on any atom is -0.0143 e. The zero-order chi connectivity index (χ0) is 23.6. The van der Waals surface area contributed by atoms with Gasteiger partial charge in [-0.05, 0) is 98.4 Å². The van der Waals surface area contributed by atoms with Gasteiger partial charge < -0.3 is 0 Å². The van der Waals surface area contributed by atoms with Crippen LogP contribution in [0.4, 0.5) is 0 Å². The summed E-state index contributed by atoms with van der Waals surface area (Å²) in [5, 5.41) is 0. The maximum atomic E-state index is 4.28. The van der Waals surface area contributed by atoms with E-state index in [4.69, 9.17) is 0 Å². The van der Waals surface area contributed by atoms with Crippen molar-refractivity contribution in [1.29, 1.82) is 0 Å². The van der Waals surface area contributed by atoms with E-state index < -0.39 is 0 Å². The van der Waals surface area contributed by atoms with E-state index >= 15 is 0 Å². The van der Waals surface area contributed by atoms with E-state index in [0.29, 0.717) is 11.3 Å². The molecule has 3 aliphatic rings. The average Bonchev–Trinajstić information content (AvgIpc) is 3.12. The molecule has 0 amide bonds. The molecular weight excluding hydrogens is 372 g/mol. The number of fused-ring (bicyclic) bond motifs is 1. The van der Waals surface area contributed by atoms with Gasteiger partial charge in [0.15, 0.2) is 0 Å². The predicted octanol–water partition coefficient (Wildman–Crippen LogP) is 10.3. The summed E-state index contributed by atoms with van der Waals surface area (Å²) in [4.78, 5) is 0. The van der Waals surface area contributed by atoms with Gasteiger partial charge >= 0.3 is 0 Å². The van der Waals surface area contributed by atoms with Crippen molar-refractivity contribution >= 4 is 0 Å². The largest absolute Gasteiger partial charge is 0.103 e. The first-order valence-corrected chi connectivity index (χ1v) is 13.4. The van der Waals surface area contributed by atoms with Gasteiger partial charge in [-0.15, -0.1) is 6.58 Å². The molecule has 3 aliphatic carbocycles. The highest BCUT2D eigenvalue weighted by Gasteiger charge is 2.49. The van der Waals surface area contributed by atoms with Gasteiger partial charge in [-0.25, -0.2) is 0 Å². The number of allylic oxidation sites excluding steroid dienone is 6. The molecule has 0 spiro atoms. The van der Waals surface area contributed by atoms with E-state index in [2.05, 4.69) is 66.9 Å². The molecular formula is C31H54. The third-order valence-electron chi connectivity index (χ3n) is 8.39. The van der Waals surface area contributed by atoms with Crippen LogP contribution in [0.5, 0.6) is 0 Å². The van der Waals surface area contributed by atoms with Crippen molar-refractivity contribution < 1.29 is 0 Å². The smallest absolute Gasteiger partial charge is 0.0143 e. The Balaban J connectivity index is 0.000000457. The fourth-order valence-electron chi connectivity index (χ4n) is 6.05. The molecule has 4 unspecified atom stereocenters. The average molecular weight is 427 g/mol. The fraction of sp³-hybridized carbons (Fsp3) is 0.742. The number of rotatable bonds is 4. The molecule has 31 heavy (non-hydrogen) atoms. The van der Waals surface area contributed by atoms with Crippen LogP contribution in [0.15, 0.2) is 48.1 Å². The molecule has 0 aromatic carbocycles. The summed E-state index contributed by atoms with van der Waals surface area (Å²) in [5.74, 6) is 4.03. The molecule has 0 saturated heterocycles. The second kappa shape index (κ2) is 13.5. The van der Waals surface area contributed by atoms with Crippen molar-refractivity contribution in [2.24, 2.45) is 35.0 Å². The monoisotopic (exact) mass is 426 g/mol. The van der Waals surface area contributed by atoms with Crippen molar-refractivity contribution in [3.05, 3.63) is 48.1 Å². The predicted molar refractivity (Wildman–Crippen MR) is 142 cm³/mol. The maximum absolute atomic E-state index is 4.28. The van der Waals surface area contributed by atoms with E-state index in [9.17, 15) is 0 Å². The third kappa shape index (κ3) is 7.50. The van der Waals surface area contributed by atoms with Crippen LogP contribution in [-0.2, 0) is 0 Å². The van der Waals surface area contributed by atoms with E-state index in [1.165, 1.54) is 68.9 Å². The Morgan fingerprint density at radius 3 is 2.06 bits per heavy atom. The topological polar surface area (TPSA) is 0 Å². The molecule has 3 saturated carbocycles. The van der Waals surface area contributed by atoms with Gasteiger partial charge in [-0.3, -0.25) is 0 Å². The number of hydrogen-bond donors (Lipinski definition) is 0. The first-order valence-electron chi connectivity index (χ1n) is 13.4. The Bertz CT molecular complexity index is 614. The summed E-state index contributed by atoms with van der Waals surface area (Å²) in [6.45, 7) is 26.0. The minimum atomic E-state index is 0.570. The van der Waals surface area contributed by atoms with Gasteiger partial charge in [-0.2, -0.15) is 0 Å². The van der Waals surface area contributed by atoms with Crippen LogP contribution in [0.25, 0.3) is 0 Å². The lowest BCUT2D eigenvalue weighted by Gasteiger charge is -2.43. The van der Waals surface area contributed by atoms with Crippen LogP contribution in [0.2, 0.25) is 0 Å². The van der Waals surface area contributed by atoms with Crippen molar-refractivity contribution in [2.75, 3.05) is 0 Å². The first kappa shape index (κ1) is 28.0. The minimum absolute atomic E-state index is 0.570. The molecule has 3 fully saturated rings. The SMILES string of the molecule is C=C1CCCC/C1=C/C=C1\CCCC2(C)C1CCC2C(C)C.C=CC(C)C(C)C.CC. The van der Waals surface area contributed by atoms with Crippen LogP contribution in [0.3, 0.4) is 0 Å². The highest BCUT2D eigenvalue weighted by molar-refractivity contribution is 5.35. The Kier molecular flexibility index (Phi) is 12.2. The van der Waals surface area contributed by atoms with Gasteiger partial charge in [0, 0.05) is 0 Å². The second-order valence-corrected chi connectivity index (χ2v) is 10.9. The Morgan fingerprint density at radius 1 is 0.903 bits per heavy atom. The van der Waals surface area contributed by atoms with E-state index in [-0.39, 0.29) is 0 Å². The molecule has 0 aromatic rings. The zero-order valence-corrected chi connectivity index (χ0v) is 22.4. The van der Waals surface area contributed by atoms with Crippen LogP contribution in [-0.4, -0.2) is 0 Å². The highest BCUT2D eigenvalue weighted by Crippen LogP contribution is 2.59. The van der Waals surface area contributed by atoms with Gasteiger partial charge in [0.2, 0.25) is 0 Å². The number of hydrogen-bond acceptors (Lipinski definition) is 0.